The van der Waals surface area contributed by atoms with Crippen molar-refractivity contribution in [2.75, 3.05) is 24.5 Å². The van der Waals surface area contributed by atoms with Crippen molar-refractivity contribution in [1.29, 1.82) is 0 Å². The molecule has 3 aromatic rings. The Morgan fingerprint density at radius 2 is 1.97 bits per heavy atom. The summed E-state index contributed by atoms with van der Waals surface area (Å²) in [6, 6.07) is 4.17. The van der Waals surface area contributed by atoms with Gasteiger partial charge in [0, 0.05) is 37.4 Å². The largest absolute Gasteiger partial charge is 0.339 e. The van der Waals surface area contributed by atoms with Crippen LogP contribution in [0.15, 0.2) is 36.8 Å². The predicted molar refractivity (Wildman–Crippen MR) is 108 cm³/mol. The second kappa shape index (κ2) is 7.16. The van der Waals surface area contributed by atoms with Crippen molar-refractivity contribution in [3.05, 3.63) is 59.4 Å². The van der Waals surface area contributed by atoms with Gasteiger partial charge in [0.25, 0.3) is 5.91 Å². The molecule has 2 fully saturated rings. The van der Waals surface area contributed by atoms with Crippen LogP contribution in [-0.2, 0) is 0 Å². The highest BCUT2D eigenvalue weighted by molar-refractivity contribution is 5.98. The first-order valence-corrected chi connectivity index (χ1v) is 10.0. The van der Waals surface area contributed by atoms with Gasteiger partial charge in [-0.25, -0.2) is 14.4 Å². The maximum absolute atomic E-state index is 14.0. The first-order chi connectivity index (χ1) is 14.5. The molecule has 2 aliphatic heterocycles. The normalized spacial score (nSPS) is 20.6. The van der Waals surface area contributed by atoms with Crippen LogP contribution in [0.1, 0.15) is 28.0 Å². The summed E-state index contributed by atoms with van der Waals surface area (Å²) in [5.74, 6) is 0.477. The quantitative estimate of drug-likeness (QED) is 0.662. The molecule has 8 nitrogen and oxygen atoms in total. The van der Waals surface area contributed by atoms with Gasteiger partial charge < -0.3 is 9.80 Å². The fourth-order valence-corrected chi connectivity index (χ4v) is 4.23. The summed E-state index contributed by atoms with van der Waals surface area (Å²) in [7, 11) is 0. The number of anilines is 1. The number of fused-ring (bicyclic) bond motifs is 1. The topological polar surface area (TPSA) is 80.0 Å². The molecule has 0 radical (unpaired) electrons. The molecule has 5 rings (SSSR count). The second-order valence-electron chi connectivity index (χ2n) is 7.94. The van der Waals surface area contributed by atoms with E-state index in [2.05, 4.69) is 25.1 Å². The molecular formula is C21H22FN7O. The van der Waals surface area contributed by atoms with Crippen molar-refractivity contribution in [3.8, 4) is 5.69 Å². The fourth-order valence-electron chi connectivity index (χ4n) is 4.23. The highest BCUT2D eigenvalue weighted by Gasteiger charge is 2.46. The number of nitrogens with zero attached hydrogens (tertiary/aromatic N) is 7. The Morgan fingerprint density at radius 3 is 2.73 bits per heavy atom. The molecule has 4 heterocycles. The molecule has 2 saturated heterocycles. The lowest BCUT2D eigenvalue weighted by Crippen LogP contribution is -2.66. The number of aryl methyl sites for hydroxylation is 2. The van der Waals surface area contributed by atoms with Crippen molar-refractivity contribution in [2.24, 2.45) is 5.92 Å². The molecular weight excluding hydrogens is 385 g/mol. The molecule has 0 N–H and O–H groups in total. The third-order valence-electron chi connectivity index (χ3n) is 6.13. The zero-order valence-corrected chi connectivity index (χ0v) is 16.9. The number of carbonyl (C=O) groups is 1. The van der Waals surface area contributed by atoms with E-state index in [0.717, 1.165) is 24.2 Å². The van der Waals surface area contributed by atoms with Crippen molar-refractivity contribution >= 4 is 11.9 Å². The van der Waals surface area contributed by atoms with Crippen molar-refractivity contribution in [2.45, 2.75) is 26.3 Å². The zero-order chi connectivity index (χ0) is 20.8. The van der Waals surface area contributed by atoms with Crippen LogP contribution >= 0.6 is 0 Å². The monoisotopic (exact) mass is 407 g/mol. The smallest absolute Gasteiger partial charge is 0.256 e. The summed E-state index contributed by atoms with van der Waals surface area (Å²) in [6.45, 7) is 6.18. The predicted octanol–water partition coefficient (Wildman–Crippen LogP) is 2.16. The molecule has 154 valence electrons. The molecule has 30 heavy (non-hydrogen) atoms. The van der Waals surface area contributed by atoms with Crippen LogP contribution in [0.2, 0.25) is 0 Å². The van der Waals surface area contributed by atoms with Crippen LogP contribution < -0.4 is 4.90 Å². The van der Waals surface area contributed by atoms with Crippen LogP contribution in [0, 0.1) is 25.6 Å². The summed E-state index contributed by atoms with van der Waals surface area (Å²) in [5.41, 5.74) is 2.75. The summed E-state index contributed by atoms with van der Waals surface area (Å²) in [4.78, 5) is 27.7. The zero-order valence-electron chi connectivity index (χ0n) is 16.9. The summed E-state index contributed by atoms with van der Waals surface area (Å²) in [5, 5.41) is 8.20. The molecule has 0 aliphatic carbocycles. The SMILES string of the molecule is Cc1cnc(N2CCC3CN(C(=O)c4cc(F)ccc4-n4nccn4)C3C2)nc1C. The average molecular weight is 407 g/mol. The van der Waals surface area contributed by atoms with Crippen molar-refractivity contribution in [1.82, 2.24) is 29.9 Å². The molecule has 9 heteroatoms. The van der Waals surface area contributed by atoms with Crippen LogP contribution in [-0.4, -0.2) is 61.4 Å². The lowest BCUT2D eigenvalue weighted by molar-refractivity contribution is 0.00762. The Labute approximate surface area is 173 Å². The minimum Gasteiger partial charge on any atom is -0.339 e. The highest BCUT2D eigenvalue weighted by Crippen LogP contribution is 2.35. The Balaban J connectivity index is 1.39. The van der Waals surface area contributed by atoms with Crippen LogP contribution in [0.5, 0.6) is 0 Å². The minimum absolute atomic E-state index is 0.0538. The van der Waals surface area contributed by atoms with E-state index in [9.17, 15) is 9.18 Å². The number of likely N-dealkylation sites (tertiary alicyclic amines) is 1. The average Bonchev–Trinajstić information content (AvgIpc) is 3.25. The number of hydrogen-bond acceptors (Lipinski definition) is 6. The van der Waals surface area contributed by atoms with Crippen LogP contribution in [0.4, 0.5) is 10.3 Å². The molecule has 0 bridgehead atoms. The van der Waals surface area contributed by atoms with E-state index in [-0.39, 0.29) is 17.5 Å². The van der Waals surface area contributed by atoms with Gasteiger partial charge in [-0.05, 0) is 44.0 Å². The van der Waals surface area contributed by atoms with E-state index < -0.39 is 5.82 Å². The number of aromatic nitrogens is 5. The highest BCUT2D eigenvalue weighted by atomic mass is 19.1. The van der Waals surface area contributed by atoms with Gasteiger partial charge in [0.15, 0.2) is 0 Å². The Kier molecular flexibility index (Phi) is 4.45. The number of hydrogen-bond donors (Lipinski definition) is 0. The lowest BCUT2D eigenvalue weighted by atomic mass is 9.81. The molecule has 0 spiro atoms. The van der Waals surface area contributed by atoms with E-state index in [1.165, 1.54) is 35.4 Å². The molecule has 1 aromatic carbocycles. The fraction of sp³-hybridized carbons (Fsp3) is 0.381. The van der Waals surface area contributed by atoms with Gasteiger partial charge >= 0.3 is 0 Å². The second-order valence-corrected chi connectivity index (χ2v) is 7.94. The number of piperidine rings is 1. The summed E-state index contributed by atoms with van der Waals surface area (Å²) >= 11 is 0. The molecule has 2 unspecified atom stereocenters. The number of rotatable bonds is 3. The first kappa shape index (κ1) is 18.7. The van der Waals surface area contributed by atoms with E-state index in [1.807, 2.05) is 24.9 Å². The van der Waals surface area contributed by atoms with E-state index in [1.54, 1.807) is 0 Å². The third-order valence-corrected chi connectivity index (χ3v) is 6.13. The molecule has 0 saturated carbocycles. The lowest BCUT2D eigenvalue weighted by Gasteiger charge is -2.53. The summed E-state index contributed by atoms with van der Waals surface area (Å²) < 4.78 is 14.0. The van der Waals surface area contributed by atoms with Gasteiger partial charge in [-0.3, -0.25) is 4.79 Å². The number of halogens is 1. The minimum atomic E-state index is -0.458. The van der Waals surface area contributed by atoms with Crippen molar-refractivity contribution in [3.63, 3.8) is 0 Å². The standard InChI is InChI=1S/C21H22FN7O/c1-13-10-23-21(26-14(13)2)27-8-5-15-11-28(19(15)12-27)20(30)17-9-16(22)3-4-18(17)29-24-6-7-25-29/h3-4,6-7,9-10,15,19H,5,8,11-12H2,1-2H3. The van der Waals surface area contributed by atoms with Crippen LogP contribution in [0.25, 0.3) is 5.69 Å². The molecule has 1 amide bonds. The molecule has 2 aromatic heterocycles. The maximum atomic E-state index is 14.0. The van der Waals surface area contributed by atoms with Gasteiger partial charge in [0.05, 0.1) is 29.7 Å². The first-order valence-electron chi connectivity index (χ1n) is 10.0. The Morgan fingerprint density at radius 1 is 1.17 bits per heavy atom. The van der Waals surface area contributed by atoms with Gasteiger partial charge in [0.2, 0.25) is 5.95 Å². The van der Waals surface area contributed by atoms with Crippen LogP contribution in [0.3, 0.4) is 0 Å². The Hall–Kier alpha value is -3.36. The third kappa shape index (κ3) is 3.10. The number of amides is 1. The molecule has 2 aliphatic rings. The van der Waals surface area contributed by atoms with Gasteiger partial charge in [-0.15, -0.1) is 0 Å². The van der Waals surface area contributed by atoms with Crippen molar-refractivity contribution < 1.29 is 9.18 Å². The summed E-state index contributed by atoms with van der Waals surface area (Å²) in [6.07, 6.45) is 5.87. The van der Waals surface area contributed by atoms with E-state index in [4.69, 9.17) is 0 Å². The Bertz CT molecular complexity index is 1100. The maximum Gasteiger partial charge on any atom is 0.256 e. The number of carbonyl (C=O) groups excluding carboxylic acids is 1. The van der Waals surface area contributed by atoms with Gasteiger partial charge in [-0.2, -0.15) is 15.0 Å². The van der Waals surface area contributed by atoms with E-state index >= 15 is 0 Å². The van der Waals surface area contributed by atoms with Gasteiger partial charge in [0.1, 0.15) is 5.82 Å². The van der Waals surface area contributed by atoms with Gasteiger partial charge in [-0.1, -0.05) is 0 Å². The number of benzene rings is 1. The van der Waals surface area contributed by atoms with E-state index in [0.29, 0.717) is 30.6 Å². The molecule has 2 atom stereocenters.